The van der Waals surface area contributed by atoms with Gasteiger partial charge >= 0.3 is 0 Å². The summed E-state index contributed by atoms with van der Waals surface area (Å²) in [6.07, 6.45) is 4.09. The third-order valence-corrected chi connectivity index (χ3v) is 3.05. The van der Waals surface area contributed by atoms with Crippen LogP contribution < -0.4 is 5.32 Å². The van der Waals surface area contributed by atoms with Crippen molar-refractivity contribution in [3.63, 3.8) is 0 Å². The normalized spacial score (nSPS) is 21.4. The van der Waals surface area contributed by atoms with E-state index in [9.17, 15) is 0 Å². The minimum atomic E-state index is 0.139. The van der Waals surface area contributed by atoms with Crippen LogP contribution >= 0.6 is 0 Å². The molecule has 1 aliphatic rings. The molecule has 1 aliphatic heterocycles. The molecule has 1 saturated heterocycles. The van der Waals surface area contributed by atoms with Crippen molar-refractivity contribution in [2.24, 2.45) is 7.05 Å². The highest BCUT2D eigenvalue weighted by Crippen LogP contribution is 2.22. The Labute approximate surface area is 94.2 Å². The number of fused-ring (bicyclic) bond motifs is 1. The maximum Gasteiger partial charge on any atom is 0.0965 e. The molecular weight excluding hydrogens is 202 g/mol. The van der Waals surface area contributed by atoms with Gasteiger partial charge in [-0.05, 0) is 12.1 Å². The summed E-state index contributed by atoms with van der Waals surface area (Å²) >= 11 is 0. The molecule has 1 atom stereocenters. The second-order valence-corrected chi connectivity index (χ2v) is 4.16. The Morgan fingerprint density at radius 2 is 2.50 bits per heavy atom. The molecule has 2 aromatic heterocycles. The van der Waals surface area contributed by atoms with Gasteiger partial charge < -0.3 is 14.6 Å². The molecule has 4 nitrogen and oxygen atoms in total. The third-order valence-electron chi connectivity index (χ3n) is 3.05. The van der Waals surface area contributed by atoms with Gasteiger partial charge in [0.1, 0.15) is 0 Å². The van der Waals surface area contributed by atoms with Gasteiger partial charge in [0, 0.05) is 38.1 Å². The molecule has 2 aromatic rings. The van der Waals surface area contributed by atoms with Crippen LogP contribution in [0.2, 0.25) is 0 Å². The zero-order valence-corrected chi connectivity index (χ0v) is 9.31. The molecular formula is C12H15N3O. The topological polar surface area (TPSA) is 39.1 Å². The monoisotopic (exact) mass is 217 g/mol. The Bertz CT molecular complexity index is 500. The van der Waals surface area contributed by atoms with Crippen LogP contribution in [0.5, 0.6) is 0 Å². The lowest BCUT2D eigenvalue weighted by Crippen LogP contribution is -2.33. The molecule has 3 heterocycles. The van der Waals surface area contributed by atoms with Gasteiger partial charge in [0.05, 0.1) is 23.7 Å². The van der Waals surface area contributed by atoms with E-state index >= 15 is 0 Å². The van der Waals surface area contributed by atoms with Gasteiger partial charge in [-0.15, -0.1) is 0 Å². The van der Waals surface area contributed by atoms with E-state index in [1.165, 1.54) is 0 Å². The van der Waals surface area contributed by atoms with Crippen LogP contribution in [-0.4, -0.2) is 29.2 Å². The minimum absolute atomic E-state index is 0.139. The van der Waals surface area contributed by atoms with E-state index in [2.05, 4.69) is 20.9 Å². The van der Waals surface area contributed by atoms with Crippen molar-refractivity contribution in [2.45, 2.75) is 6.10 Å². The van der Waals surface area contributed by atoms with E-state index in [0.29, 0.717) is 0 Å². The Balaban J connectivity index is 1.99. The van der Waals surface area contributed by atoms with Gasteiger partial charge in [0.25, 0.3) is 0 Å². The number of ether oxygens (including phenoxy) is 1. The molecule has 1 unspecified atom stereocenters. The van der Waals surface area contributed by atoms with E-state index in [1.807, 2.05) is 25.5 Å². The average molecular weight is 217 g/mol. The molecule has 0 radical (unpaired) electrons. The zero-order valence-electron chi connectivity index (χ0n) is 9.31. The molecule has 3 rings (SSSR count). The first-order valence-electron chi connectivity index (χ1n) is 5.58. The standard InChI is InChI=1S/C12H15N3O/c1-15-4-2-10-11(15)6-9(7-14-10)12-8-13-3-5-16-12/h2,4,6-7,12-13H,3,5,8H2,1H3. The first-order valence-corrected chi connectivity index (χ1v) is 5.58. The molecule has 84 valence electrons. The number of morpholine rings is 1. The Morgan fingerprint density at radius 3 is 3.31 bits per heavy atom. The summed E-state index contributed by atoms with van der Waals surface area (Å²) in [6, 6.07) is 4.19. The number of aromatic nitrogens is 2. The molecule has 16 heavy (non-hydrogen) atoms. The lowest BCUT2D eigenvalue weighted by Gasteiger charge is -2.23. The third kappa shape index (κ3) is 1.60. The van der Waals surface area contributed by atoms with Crippen molar-refractivity contribution in [1.29, 1.82) is 0 Å². The van der Waals surface area contributed by atoms with E-state index in [0.717, 1.165) is 36.3 Å². The Morgan fingerprint density at radius 1 is 1.56 bits per heavy atom. The van der Waals surface area contributed by atoms with Crippen molar-refractivity contribution < 1.29 is 4.74 Å². The van der Waals surface area contributed by atoms with E-state index < -0.39 is 0 Å². The quantitative estimate of drug-likeness (QED) is 0.781. The number of hydrogen-bond acceptors (Lipinski definition) is 3. The predicted molar refractivity (Wildman–Crippen MR) is 62.3 cm³/mol. The van der Waals surface area contributed by atoms with Gasteiger partial charge in [-0.25, -0.2) is 0 Å². The molecule has 0 aromatic carbocycles. The highest BCUT2D eigenvalue weighted by Gasteiger charge is 2.16. The fourth-order valence-electron chi connectivity index (χ4n) is 2.11. The number of nitrogens with one attached hydrogen (secondary N) is 1. The average Bonchev–Trinajstić information content (AvgIpc) is 2.72. The van der Waals surface area contributed by atoms with Crippen molar-refractivity contribution in [1.82, 2.24) is 14.9 Å². The van der Waals surface area contributed by atoms with Crippen LogP contribution in [0.1, 0.15) is 11.7 Å². The fraction of sp³-hybridized carbons (Fsp3) is 0.417. The lowest BCUT2D eigenvalue weighted by atomic mass is 10.1. The van der Waals surface area contributed by atoms with Gasteiger partial charge in [0.15, 0.2) is 0 Å². The molecule has 0 bridgehead atoms. The summed E-state index contributed by atoms with van der Waals surface area (Å²) in [4.78, 5) is 4.45. The first kappa shape index (κ1) is 9.81. The summed E-state index contributed by atoms with van der Waals surface area (Å²) in [7, 11) is 2.04. The Hall–Kier alpha value is -1.39. The Kier molecular flexibility index (Phi) is 2.38. The maximum absolute atomic E-state index is 5.72. The van der Waals surface area contributed by atoms with E-state index in [-0.39, 0.29) is 6.10 Å². The van der Waals surface area contributed by atoms with Crippen LogP contribution in [0.15, 0.2) is 24.5 Å². The molecule has 1 fully saturated rings. The van der Waals surface area contributed by atoms with Gasteiger partial charge in [-0.3, -0.25) is 4.98 Å². The van der Waals surface area contributed by atoms with Crippen molar-refractivity contribution in [3.05, 3.63) is 30.1 Å². The smallest absolute Gasteiger partial charge is 0.0965 e. The van der Waals surface area contributed by atoms with Crippen LogP contribution in [-0.2, 0) is 11.8 Å². The van der Waals surface area contributed by atoms with Gasteiger partial charge in [-0.2, -0.15) is 0 Å². The number of nitrogens with zero attached hydrogens (tertiary/aromatic N) is 2. The molecule has 0 saturated carbocycles. The number of aryl methyl sites for hydroxylation is 1. The van der Waals surface area contributed by atoms with Crippen LogP contribution in [0.25, 0.3) is 11.0 Å². The van der Waals surface area contributed by atoms with Crippen LogP contribution in [0.3, 0.4) is 0 Å². The summed E-state index contributed by atoms with van der Waals surface area (Å²) in [5.41, 5.74) is 3.35. The maximum atomic E-state index is 5.72. The second-order valence-electron chi connectivity index (χ2n) is 4.16. The highest BCUT2D eigenvalue weighted by molar-refractivity contribution is 5.76. The van der Waals surface area contributed by atoms with Crippen LogP contribution in [0.4, 0.5) is 0 Å². The first-order chi connectivity index (χ1) is 7.84. The van der Waals surface area contributed by atoms with Crippen molar-refractivity contribution in [2.75, 3.05) is 19.7 Å². The number of rotatable bonds is 1. The van der Waals surface area contributed by atoms with Crippen LogP contribution in [0, 0.1) is 0 Å². The van der Waals surface area contributed by atoms with Crippen molar-refractivity contribution >= 4 is 11.0 Å². The highest BCUT2D eigenvalue weighted by atomic mass is 16.5. The summed E-state index contributed by atoms with van der Waals surface area (Å²) in [5.74, 6) is 0. The molecule has 4 heteroatoms. The summed E-state index contributed by atoms with van der Waals surface area (Å²) in [5, 5.41) is 3.33. The van der Waals surface area contributed by atoms with E-state index in [1.54, 1.807) is 0 Å². The number of pyridine rings is 1. The summed E-state index contributed by atoms with van der Waals surface area (Å²) < 4.78 is 7.80. The second kappa shape index (κ2) is 3.88. The lowest BCUT2D eigenvalue weighted by molar-refractivity contribution is 0.0276. The molecule has 0 spiro atoms. The van der Waals surface area contributed by atoms with Gasteiger partial charge in [0.2, 0.25) is 0 Å². The minimum Gasteiger partial charge on any atom is -0.371 e. The zero-order chi connectivity index (χ0) is 11.0. The SMILES string of the molecule is Cn1ccc2ncc(C3CNCCO3)cc21. The number of hydrogen-bond donors (Lipinski definition) is 1. The van der Waals surface area contributed by atoms with Crippen molar-refractivity contribution in [3.8, 4) is 0 Å². The van der Waals surface area contributed by atoms with Gasteiger partial charge in [-0.1, -0.05) is 0 Å². The fourth-order valence-corrected chi connectivity index (χ4v) is 2.11. The molecule has 1 N–H and O–H groups in total. The largest absolute Gasteiger partial charge is 0.371 e. The molecule has 0 aliphatic carbocycles. The molecule has 0 amide bonds. The van der Waals surface area contributed by atoms with E-state index in [4.69, 9.17) is 4.74 Å². The summed E-state index contributed by atoms with van der Waals surface area (Å²) in [6.45, 7) is 2.59. The predicted octanol–water partition coefficient (Wildman–Crippen LogP) is 1.23.